The van der Waals surface area contributed by atoms with Gasteiger partial charge in [-0.25, -0.2) is 0 Å². The number of aromatic nitrogens is 3. The van der Waals surface area contributed by atoms with E-state index in [0.29, 0.717) is 18.1 Å². The molecule has 0 saturated carbocycles. The van der Waals surface area contributed by atoms with E-state index in [0.717, 1.165) is 38.3 Å². The van der Waals surface area contributed by atoms with Crippen molar-refractivity contribution in [1.29, 1.82) is 0 Å². The minimum Gasteiger partial charge on any atom is -0.376 e. The highest BCUT2D eigenvalue weighted by atomic mass is 16.5. The van der Waals surface area contributed by atoms with Gasteiger partial charge in [0.25, 0.3) is 0 Å². The molecule has 2 aliphatic heterocycles. The SMILES string of the molecule is CN1C[C@@H](COCc2cccnc2)CC12CN(Cc1cn[nH]c1)C2. The highest BCUT2D eigenvalue weighted by Gasteiger charge is 2.51. The van der Waals surface area contributed by atoms with Gasteiger partial charge < -0.3 is 4.74 Å². The summed E-state index contributed by atoms with van der Waals surface area (Å²) in [6.45, 7) is 5.92. The molecule has 2 aromatic heterocycles. The number of hydrogen-bond donors (Lipinski definition) is 1. The van der Waals surface area contributed by atoms with Crippen molar-refractivity contribution in [2.75, 3.05) is 33.3 Å². The summed E-state index contributed by atoms with van der Waals surface area (Å²) < 4.78 is 5.93. The van der Waals surface area contributed by atoms with Crippen molar-refractivity contribution in [1.82, 2.24) is 25.0 Å². The number of nitrogens with one attached hydrogen (secondary N) is 1. The molecule has 1 atom stereocenters. The Balaban J connectivity index is 1.23. The van der Waals surface area contributed by atoms with E-state index in [2.05, 4.69) is 38.1 Å². The summed E-state index contributed by atoms with van der Waals surface area (Å²) in [5.41, 5.74) is 2.77. The molecule has 1 N–H and O–H groups in total. The van der Waals surface area contributed by atoms with Crippen LogP contribution in [-0.2, 0) is 17.9 Å². The van der Waals surface area contributed by atoms with E-state index in [9.17, 15) is 0 Å². The number of pyridine rings is 1. The maximum atomic E-state index is 5.93. The molecule has 0 bridgehead atoms. The maximum absolute atomic E-state index is 5.93. The van der Waals surface area contributed by atoms with Gasteiger partial charge in [-0.15, -0.1) is 0 Å². The largest absolute Gasteiger partial charge is 0.376 e. The topological polar surface area (TPSA) is 57.3 Å². The molecule has 0 amide bonds. The third kappa shape index (κ3) is 3.22. The molecule has 0 aromatic carbocycles. The number of nitrogens with zero attached hydrogens (tertiary/aromatic N) is 4. The van der Waals surface area contributed by atoms with Crippen LogP contribution in [0.5, 0.6) is 0 Å². The van der Waals surface area contributed by atoms with Crippen LogP contribution in [0.1, 0.15) is 17.5 Å². The summed E-state index contributed by atoms with van der Waals surface area (Å²) >= 11 is 0. The van der Waals surface area contributed by atoms with Crippen molar-refractivity contribution in [3.05, 3.63) is 48.0 Å². The first kappa shape index (κ1) is 15.7. The number of H-pyrrole nitrogens is 1. The van der Waals surface area contributed by atoms with Gasteiger partial charge in [-0.1, -0.05) is 6.07 Å². The molecule has 128 valence electrons. The molecule has 4 rings (SSSR count). The molecular formula is C18H25N5O. The molecule has 0 radical (unpaired) electrons. The van der Waals surface area contributed by atoms with Crippen LogP contribution in [0.15, 0.2) is 36.9 Å². The highest BCUT2D eigenvalue weighted by molar-refractivity contribution is 5.12. The Hall–Kier alpha value is -1.76. The Labute approximate surface area is 142 Å². The van der Waals surface area contributed by atoms with Gasteiger partial charge in [0, 0.05) is 55.9 Å². The average Bonchev–Trinajstić information content (AvgIpc) is 3.17. The summed E-state index contributed by atoms with van der Waals surface area (Å²) in [7, 11) is 2.26. The minimum atomic E-state index is 0.353. The molecule has 0 unspecified atom stereocenters. The maximum Gasteiger partial charge on any atom is 0.0731 e. The first-order chi connectivity index (χ1) is 11.7. The van der Waals surface area contributed by atoms with Crippen molar-refractivity contribution in [3.63, 3.8) is 0 Å². The predicted octanol–water partition coefficient (Wildman–Crippen LogP) is 1.53. The van der Waals surface area contributed by atoms with Crippen LogP contribution in [-0.4, -0.2) is 63.8 Å². The average molecular weight is 327 g/mol. The van der Waals surface area contributed by atoms with E-state index in [1.54, 1.807) is 6.20 Å². The molecule has 6 heteroatoms. The Kier molecular flexibility index (Phi) is 4.35. The number of aromatic amines is 1. The number of ether oxygens (including phenoxy) is 1. The lowest BCUT2D eigenvalue weighted by atomic mass is 9.84. The lowest BCUT2D eigenvalue weighted by molar-refractivity contribution is -0.0226. The molecule has 1 spiro atoms. The molecular weight excluding hydrogens is 302 g/mol. The van der Waals surface area contributed by atoms with Crippen molar-refractivity contribution >= 4 is 0 Å². The molecule has 6 nitrogen and oxygen atoms in total. The fourth-order valence-corrected chi connectivity index (χ4v) is 4.17. The zero-order chi connectivity index (χ0) is 16.4. The minimum absolute atomic E-state index is 0.353. The van der Waals surface area contributed by atoms with Gasteiger partial charge in [0.05, 0.1) is 19.4 Å². The van der Waals surface area contributed by atoms with Gasteiger partial charge in [0.2, 0.25) is 0 Å². The van der Waals surface area contributed by atoms with Crippen molar-refractivity contribution in [2.24, 2.45) is 5.92 Å². The molecule has 2 saturated heterocycles. The first-order valence-corrected chi connectivity index (χ1v) is 8.61. The van der Waals surface area contributed by atoms with Crippen LogP contribution in [0.3, 0.4) is 0 Å². The van der Waals surface area contributed by atoms with Gasteiger partial charge in [-0.3, -0.25) is 19.9 Å². The first-order valence-electron chi connectivity index (χ1n) is 8.61. The summed E-state index contributed by atoms with van der Waals surface area (Å²) in [6.07, 6.45) is 8.81. The smallest absolute Gasteiger partial charge is 0.0731 e. The lowest BCUT2D eigenvalue weighted by Crippen LogP contribution is -2.66. The second-order valence-corrected chi connectivity index (χ2v) is 7.30. The van der Waals surface area contributed by atoms with Crippen LogP contribution < -0.4 is 0 Å². The lowest BCUT2D eigenvalue weighted by Gasteiger charge is -2.52. The van der Waals surface area contributed by atoms with Crippen LogP contribution in [0.25, 0.3) is 0 Å². The Morgan fingerprint density at radius 3 is 3.00 bits per heavy atom. The standard InChI is InChI=1S/C18H25N5O/c1-22-9-16(12-24-11-15-3-2-4-19-6-15)5-18(22)13-23(14-18)10-17-7-20-21-8-17/h2-4,6-8,16H,5,9-14H2,1H3,(H,20,21)/t16-/m0/s1. The number of rotatable bonds is 6. The normalized spacial score (nSPS) is 23.6. The number of likely N-dealkylation sites (N-methyl/N-ethyl adjacent to an activating group) is 1. The van der Waals surface area contributed by atoms with Crippen LogP contribution in [0.2, 0.25) is 0 Å². The molecule has 2 fully saturated rings. The highest BCUT2D eigenvalue weighted by Crippen LogP contribution is 2.40. The van der Waals surface area contributed by atoms with Crippen LogP contribution in [0.4, 0.5) is 0 Å². The van der Waals surface area contributed by atoms with E-state index in [-0.39, 0.29) is 0 Å². The van der Waals surface area contributed by atoms with Crippen molar-refractivity contribution in [3.8, 4) is 0 Å². The number of likely N-dealkylation sites (tertiary alicyclic amines) is 2. The molecule has 2 aromatic rings. The zero-order valence-corrected chi connectivity index (χ0v) is 14.2. The fraction of sp³-hybridized carbons (Fsp3) is 0.556. The zero-order valence-electron chi connectivity index (χ0n) is 14.2. The second-order valence-electron chi connectivity index (χ2n) is 7.30. The van der Waals surface area contributed by atoms with Crippen LogP contribution >= 0.6 is 0 Å². The van der Waals surface area contributed by atoms with Gasteiger partial charge >= 0.3 is 0 Å². The summed E-state index contributed by atoms with van der Waals surface area (Å²) in [5, 5.41) is 6.91. The van der Waals surface area contributed by atoms with Crippen molar-refractivity contribution in [2.45, 2.75) is 25.1 Å². The summed E-state index contributed by atoms with van der Waals surface area (Å²) in [6, 6.07) is 4.02. The van der Waals surface area contributed by atoms with Gasteiger partial charge in [-0.2, -0.15) is 5.10 Å². The Morgan fingerprint density at radius 1 is 1.33 bits per heavy atom. The van der Waals surface area contributed by atoms with E-state index in [4.69, 9.17) is 4.74 Å². The molecule has 24 heavy (non-hydrogen) atoms. The molecule has 0 aliphatic carbocycles. The summed E-state index contributed by atoms with van der Waals surface area (Å²) in [4.78, 5) is 9.17. The van der Waals surface area contributed by atoms with Crippen LogP contribution in [0, 0.1) is 5.92 Å². The Bertz CT molecular complexity index is 639. The second kappa shape index (κ2) is 6.63. The third-order valence-corrected chi connectivity index (χ3v) is 5.35. The summed E-state index contributed by atoms with van der Waals surface area (Å²) in [5.74, 6) is 0.628. The van der Waals surface area contributed by atoms with E-state index in [1.807, 2.05) is 24.7 Å². The Morgan fingerprint density at radius 2 is 2.25 bits per heavy atom. The van der Waals surface area contributed by atoms with Gasteiger partial charge in [-0.05, 0) is 31.0 Å². The van der Waals surface area contributed by atoms with Crippen molar-refractivity contribution < 1.29 is 4.74 Å². The molecule has 4 heterocycles. The van der Waals surface area contributed by atoms with Gasteiger partial charge in [0.15, 0.2) is 0 Å². The number of hydrogen-bond acceptors (Lipinski definition) is 5. The predicted molar refractivity (Wildman–Crippen MR) is 91.2 cm³/mol. The van der Waals surface area contributed by atoms with E-state index >= 15 is 0 Å². The monoisotopic (exact) mass is 327 g/mol. The quantitative estimate of drug-likeness (QED) is 0.872. The molecule has 2 aliphatic rings. The fourth-order valence-electron chi connectivity index (χ4n) is 4.17. The van der Waals surface area contributed by atoms with Gasteiger partial charge in [0.1, 0.15) is 0 Å². The third-order valence-electron chi connectivity index (χ3n) is 5.35. The van der Waals surface area contributed by atoms with E-state index in [1.165, 1.54) is 12.0 Å². The van der Waals surface area contributed by atoms with E-state index < -0.39 is 0 Å².